The molecule has 2 aliphatic heterocycles. The number of nitrogens with one attached hydrogen (secondary N) is 3. The number of piperidine rings is 1. The molecule has 0 aromatic rings. The molecule has 3 rings (SSSR count). The summed E-state index contributed by atoms with van der Waals surface area (Å²) in [5, 5.41) is 10.9. The van der Waals surface area contributed by atoms with Gasteiger partial charge in [-0.25, -0.2) is 0 Å². The first-order chi connectivity index (χ1) is 13.0. The molecule has 150 valence electrons. The predicted molar refractivity (Wildman–Crippen MR) is 113 cm³/mol. The average molecular weight is 413 g/mol. The molecule has 6 nitrogen and oxygen atoms in total. The fourth-order valence-corrected chi connectivity index (χ4v) is 4.05. The highest BCUT2D eigenvalue weighted by molar-refractivity contribution is 6.32. The standard InChI is InChI=1S/C19H30Cl2N6/c20-14-1-2-17(21)13(9-14)12-27-8-7-25-19(23)18(27)10-15(22)11-26-16-3-5-24-6-4-16/h2,9-10,14,16,24-26H,1,3-8,11-12,22-23H2/b15-10-. The Balaban J connectivity index is 1.66. The summed E-state index contributed by atoms with van der Waals surface area (Å²) in [4.78, 5) is 2.21. The van der Waals surface area contributed by atoms with Gasteiger partial charge in [0.25, 0.3) is 0 Å². The Hall–Kier alpha value is -1.34. The third-order valence-corrected chi connectivity index (χ3v) is 5.84. The van der Waals surface area contributed by atoms with Crippen LogP contribution in [0, 0.1) is 0 Å². The van der Waals surface area contributed by atoms with Crippen molar-refractivity contribution in [3.63, 3.8) is 0 Å². The summed E-state index contributed by atoms with van der Waals surface area (Å²) in [7, 11) is 0. The summed E-state index contributed by atoms with van der Waals surface area (Å²) in [5.74, 6) is 0.644. The maximum Gasteiger partial charge on any atom is 0.120 e. The van der Waals surface area contributed by atoms with Crippen LogP contribution in [-0.4, -0.2) is 55.6 Å². The summed E-state index contributed by atoms with van der Waals surface area (Å²) in [6, 6.07) is 0.516. The summed E-state index contributed by atoms with van der Waals surface area (Å²) in [5.41, 5.74) is 15.2. The molecule has 7 N–H and O–H groups in total. The third kappa shape index (κ3) is 5.82. The van der Waals surface area contributed by atoms with E-state index in [0.29, 0.717) is 25.0 Å². The number of nitrogens with two attached hydrogens (primary N) is 2. The number of hydrogen-bond acceptors (Lipinski definition) is 6. The van der Waals surface area contributed by atoms with E-state index in [-0.39, 0.29) is 5.38 Å². The van der Waals surface area contributed by atoms with Gasteiger partial charge in [-0.05, 0) is 44.0 Å². The van der Waals surface area contributed by atoms with Gasteiger partial charge in [0, 0.05) is 43.0 Å². The fraction of sp³-hybridized carbons (Fsp3) is 0.579. The van der Waals surface area contributed by atoms with Crippen molar-refractivity contribution in [3.05, 3.63) is 46.0 Å². The van der Waals surface area contributed by atoms with E-state index in [0.717, 1.165) is 67.4 Å². The largest absolute Gasteiger partial charge is 0.401 e. The van der Waals surface area contributed by atoms with E-state index >= 15 is 0 Å². The second kappa shape index (κ2) is 9.73. The van der Waals surface area contributed by atoms with Crippen LogP contribution in [0.1, 0.15) is 19.3 Å². The van der Waals surface area contributed by atoms with E-state index in [2.05, 4.69) is 20.9 Å². The van der Waals surface area contributed by atoms with Crippen LogP contribution in [0.3, 0.4) is 0 Å². The van der Waals surface area contributed by atoms with Crippen molar-refractivity contribution in [2.45, 2.75) is 30.7 Å². The Kier molecular flexibility index (Phi) is 7.35. The maximum absolute atomic E-state index is 6.38. The molecule has 0 aromatic heterocycles. The highest BCUT2D eigenvalue weighted by atomic mass is 35.5. The molecular formula is C19H30Cl2N6. The Bertz CT molecular complexity index is 649. The van der Waals surface area contributed by atoms with Crippen LogP contribution >= 0.6 is 23.2 Å². The van der Waals surface area contributed by atoms with E-state index in [1.54, 1.807) is 0 Å². The second-order valence-electron chi connectivity index (χ2n) is 7.27. The van der Waals surface area contributed by atoms with Crippen molar-refractivity contribution < 1.29 is 0 Å². The first kappa shape index (κ1) is 20.4. The molecule has 0 saturated carbocycles. The zero-order chi connectivity index (χ0) is 19.2. The van der Waals surface area contributed by atoms with Crippen LogP contribution in [0.5, 0.6) is 0 Å². The zero-order valence-corrected chi connectivity index (χ0v) is 17.1. The molecule has 1 fully saturated rings. The number of hydrogen-bond donors (Lipinski definition) is 5. The molecule has 0 radical (unpaired) electrons. The van der Waals surface area contributed by atoms with Gasteiger partial charge in [0.1, 0.15) is 5.82 Å². The van der Waals surface area contributed by atoms with Crippen LogP contribution in [0.4, 0.5) is 0 Å². The van der Waals surface area contributed by atoms with Gasteiger partial charge < -0.3 is 32.3 Å². The lowest BCUT2D eigenvalue weighted by Crippen LogP contribution is -2.43. The van der Waals surface area contributed by atoms with Crippen molar-refractivity contribution in [1.29, 1.82) is 0 Å². The van der Waals surface area contributed by atoms with E-state index in [1.807, 2.05) is 18.2 Å². The molecule has 1 atom stereocenters. The molecule has 1 aliphatic carbocycles. The quantitative estimate of drug-likeness (QED) is 0.422. The Morgan fingerprint density at radius 2 is 2.11 bits per heavy atom. The topological polar surface area (TPSA) is 91.4 Å². The van der Waals surface area contributed by atoms with Crippen LogP contribution in [0.15, 0.2) is 46.0 Å². The van der Waals surface area contributed by atoms with Gasteiger partial charge in [0.05, 0.1) is 11.1 Å². The predicted octanol–water partition coefficient (Wildman–Crippen LogP) is 1.26. The molecule has 0 spiro atoms. The van der Waals surface area contributed by atoms with Crippen LogP contribution < -0.4 is 27.4 Å². The van der Waals surface area contributed by atoms with Gasteiger partial charge >= 0.3 is 0 Å². The van der Waals surface area contributed by atoms with Gasteiger partial charge in [0.15, 0.2) is 0 Å². The van der Waals surface area contributed by atoms with E-state index in [9.17, 15) is 0 Å². The molecule has 1 unspecified atom stereocenters. The highest BCUT2D eigenvalue weighted by Crippen LogP contribution is 2.27. The Morgan fingerprint density at radius 3 is 2.89 bits per heavy atom. The summed E-state index contributed by atoms with van der Waals surface area (Å²) in [6.07, 6.45) is 9.01. The van der Waals surface area contributed by atoms with Crippen molar-refractivity contribution in [2.24, 2.45) is 11.5 Å². The van der Waals surface area contributed by atoms with Gasteiger partial charge in [0.2, 0.25) is 0 Å². The average Bonchev–Trinajstić information content (AvgIpc) is 2.66. The first-order valence-corrected chi connectivity index (χ1v) is 10.4. The summed E-state index contributed by atoms with van der Waals surface area (Å²) >= 11 is 12.6. The van der Waals surface area contributed by atoms with Gasteiger partial charge in [-0.15, -0.1) is 11.6 Å². The van der Waals surface area contributed by atoms with Crippen molar-refractivity contribution >= 4 is 23.2 Å². The minimum Gasteiger partial charge on any atom is -0.401 e. The molecule has 1 saturated heterocycles. The number of alkyl halides is 1. The SMILES string of the molecule is NC1=C(/C=C(\N)CNC2CCNCC2)N(CC2=CC(Cl)CC=C2Cl)CCN1. The summed E-state index contributed by atoms with van der Waals surface area (Å²) in [6.45, 7) is 5.06. The molecular weight excluding hydrogens is 383 g/mol. The molecule has 3 aliphatic rings. The minimum absolute atomic E-state index is 0.00927. The van der Waals surface area contributed by atoms with Crippen molar-refractivity contribution in [3.8, 4) is 0 Å². The molecule has 0 amide bonds. The number of nitrogens with zero attached hydrogens (tertiary/aromatic N) is 1. The Morgan fingerprint density at radius 1 is 1.33 bits per heavy atom. The highest BCUT2D eigenvalue weighted by Gasteiger charge is 2.21. The zero-order valence-electron chi connectivity index (χ0n) is 15.6. The second-order valence-corrected chi connectivity index (χ2v) is 8.24. The number of rotatable bonds is 6. The van der Waals surface area contributed by atoms with E-state index < -0.39 is 0 Å². The van der Waals surface area contributed by atoms with E-state index in [4.69, 9.17) is 34.7 Å². The van der Waals surface area contributed by atoms with Crippen molar-refractivity contribution in [1.82, 2.24) is 20.9 Å². The van der Waals surface area contributed by atoms with Crippen LogP contribution in [-0.2, 0) is 0 Å². The van der Waals surface area contributed by atoms with Crippen LogP contribution in [0.2, 0.25) is 0 Å². The van der Waals surface area contributed by atoms with Gasteiger partial charge in [-0.1, -0.05) is 23.8 Å². The molecule has 8 heteroatoms. The smallest absolute Gasteiger partial charge is 0.120 e. The maximum atomic E-state index is 6.38. The fourth-order valence-electron chi connectivity index (χ4n) is 3.60. The van der Waals surface area contributed by atoms with Crippen molar-refractivity contribution in [2.75, 3.05) is 39.3 Å². The molecule has 0 aromatic carbocycles. The normalized spacial score (nSPS) is 25.2. The monoisotopic (exact) mass is 412 g/mol. The van der Waals surface area contributed by atoms with E-state index in [1.165, 1.54) is 0 Å². The lowest BCUT2D eigenvalue weighted by atomic mass is 10.0. The van der Waals surface area contributed by atoms with Crippen LogP contribution in [0.25, 0.3) is 0 Å². The summed E-state index contributed by atoms with van der Waals surface area (Å²) < 4.78 is 0. The molecule has 2 heterocycles. The lowest BCUT2D eigenvalue weighted by Gasteiger charge is -2.33. The minimum atomic E-state index is -0.00927. The Labute approximate surface area is 171 Å². The van der Waals surface area contributed by atoms with Gasteiger partial charge in [-0.3, -0.25) is 0 Å². The van der Waals surface area contributed by atoms with Gasteiger partial charge in [-0.2, -0.15) is 0 Å². The molecule has 27 heavy (non-hydrogen) atoms. The molecule has 0 bridgehead atoms. The first-order valence-electron chi connectivity index (χ1n) is 9.62. The number of halogens is 2. The lowest BCUT2D eigenvalue weighted by molar-refractivity contribution is 0.352. The number of allylic oxidation sites excluding steroid dienone is 3. The third-order valence-electron chi connectivity index (χ3n) is 5.14.